The van der Waals surface area contributed by atoms with Gasteiger partial charge in [0.25, 0.3) is 0 Å². The standard InChI is InChI=1S/C8H14N2OS/c1-3-4-5-10-6-7(11)9(2)8(10)12/h3-6H2,1-2H3. The minimum absolute atomic E-state index is 0.108. The van der Waals surface area contributed by atoms with E-state index in [4.69, 9.17) is 12.2 Å². The highest BCUT2D eigenvalue weighted by Gasteiger charge is 2.28. The van der Waals surface area contributed by atoms with Crippen molar-refractivity contribution >= 4 is 23.2 Å². The highest BCUT2D eigenvalue weighted by Crippen LogP contribution is 2.08. The first kappa shape index (κ1) is 9.45. The van der Waals surface area contributed by atoms with Crippen molar-refractivity contribution in [3.63, 3.8) is 0 Å². The van der Waals surface area contributed by atoms with E-state index >= 15 is 0 Å². The highest BCUT2D eigenvalue weighted by atomic mass is 32.1. The third kappa shape index (κ3) is 1.75. The van der Waals surface area contributed by atoms with Crippen molar-refractivity contribution in [1.82, 2.24) is 9.80 Å². The van der Waals surface area contributed by atoms with Crippen molar-refractivity contribution in [2.24, 2.45) is 0 Å². The van der Waals surface area contributed by atoms with Gasteiger partial charge in [0.1, 0.15) is 0 Å². The molecule has 0 aromatic heterocycles. The van der Waals surface area contributed by atoms with Crippen LogP contribution in [0.15, 0.2) is 0 Å². The monoisotopic (exact) mass is 186 g/mol. The Morgan fingerprint density at radius 1 is 1.58 bits per heavy atom. The van der Waals surface area contributed by atoms with Crippen molar-refractivity contribution in [2.75, 3.05) is 20.1 Å². The van der Waals surface area contributed by atoms with Crippen LogP contribution in [0.4, 0.5) is 0 Å². The second-order valence-corrected chi connectivity index (χ2v) is 3.38. The molecule has 68 valence electrons. The fourth-order valence-electron chi connectivity index (χ4n) is 1.18. The zero-order chi connectivity index (χ0) is 9.14. The molecule has 0 atom stereocenters. The lowest BCUT2D eigenvalue weighted by Gasteiger charge is -2.16. The molecule has 4 heteroatoms. The molecule has 1 heterocycles. The van der Waals surface area contributed by atoms with E-state index in [1.54, 1.807) is 11.9 Å². The summed E-state index contributed by atoms with van der Waals surface area (Å²) in [6.07, 6.45) is 2.23. The summed E-state index contributed by atoms with van der Waals surface area (Å²) in [4.78, 5) is 14.7. The van der Waals surface area contributed by atoms with Crippen LogP contribution in [0.25, 0.3) is 0 Å². The van der Waals surface area contributed by atoms with E-state index in [0.717, 1.165) is 19.4 Å². The molecule has 0 spiro atoms. The predicted molar refractivity (Wildman–Crippen MR) is 51.8 cm³/mol. The van der Waals surface area contributed by atoms with Gasteiger partial charge in [-0.15, -0.1) is 0 Å². The molecular formula is C8H14N2OS. The Balaban J connectivity index is 2.47. The van der Waals surface area contributed by atoms with E-state index in [1.807, 2.05) is 4.90 Å². The van der Waals surface area contributed by atoms with Crippen LogP contribution in [0.1, 0.15) is 19.8 Å². The van der Waals surface area contributed by atoms with E-state index in [-0.39, 0.29) is 5.91 Å². The average Bonchev–Trinajstić information content (AvgIpc) is 2.30. The first-order chi connectivity index (χ1) is 5.66. The third-order valence-electron chi connectivity index (χ3n) is 2.04. The van der Waals surface area contributed by atoms with Gasteiger partial charge in [-0.3, -0.25) is 9.69 Å². The SMILES string of the molecule is CCCCN1CC(=O)N(C)C1=S. The van der Waals surface area contributed by atoms with E-state index in [9.17, 15) is 4.79 Å². The van der Waals surface area contributed by atoms with Gasteiger partial charge in [-0.05, 0) is 18.6 Å². The lowest BCUT2D eigenvalue weighted by Crippen LogP contribution is -2.30. The van der Waals surface area contributed by atoms with Crippen molar-refractivity contribution < 1.29 is 4.79 Å². The van der Waals surface area contributed by atoms with Crippen molar-refractivity contribution in [3.8, 4) is 0 Å². The van der Waals surface area contributed by atoms with E-state index in [2.05, 4.69) is 6.92 Å². The molecule has 0 aromatic rings. The summed E-state index contributed by atoms with van der Waals surface area (Å²) < 4.78 is 0. The third-order valence-corrected chi connectivity index (χ3v) is 2.57. The maximum atomic E-state index is 11.2. The predicted octanol–water partition coefficient (Wildman–Crippen LogP) is 0.845. The van der Waals surface area contributed by atoms with Gasteiger partial charge >= 0.3 is 0 Å². The highest BCUT2D eigenvalue weighted by molar-refractivity contribution is 7.80. The fourth-order valence-corrected chi connectivity index (χ4v) is 1.44. The van der Waals surface area contributed by atoms with Gasteiger partial charge in [-0.1, -0.05) is 13.3 Å². The average molecular weight is 186 g/mol. The molecule has 0 unspecified atom stereocenters. The summed E-state index contributed by atoms with van der Waals surface area (Å²) in [5.41, 5.74) is 0. The van der Waals surface area contributed by atoms with Crippen LogP contribution in [0.3, 0.4) is 0 Å². The molecule has 3 nitrogen and oxygen atoms in total. The van der Waals surface area contributed by atoms with E-state index in [1.165, 1.54) is 0 Å². The number of thiocarbonyl (C=S) groups is 1. The molecule has 0 saturated carbocycles. The van der Waals surface area contributed by atoms with Gasteiger partial charge in [0, 0.05) is 13.6 Å². The van der Waals surface area contributed by atoms with Gasteiger partial charge in [0.05, 0.1) is 6.54 Å². The first-order valence-corrected chi connectivity index (χ1v) is 4.63. The Bertz CT molecular complexity index is 205. The Hall–Kier alpha value is -0.640. The lowest BCUT2D eigenvalue weighted by atomic mass is 10.3. The molecule has 0 aliphatic carbocycles. The topological polar surface area (TPSA) is 23.6 Å². The minimum atomic E-state index is 0.108. The van der Waals surface area contributed by atoms with Crippen LogP contribution >= 0.6 is 12.2 Å². The molecule has 1 fully saturated rings. The van der Waals surface area contributed by atoms with Crippen LogP contribution in [0.2, 0.25) is 0 Å². The van der Waals surface area contributed by atoms with Crippen molar-refractivity contribution in [2.45, 2.75) is 19.8 Å². The van der Waals surface area contributed by atoms with Crippen LogP contribution in [0, 0.1) is 0 Å². The van der Waals surface area contributed by atoms with Crippen LogP contribution in [0.5, 0.6) is 0 Å². The second-order valence-electron chi connectivity index (χ2n) is 3.01. The number of hydrogen-bond donors (Lipinski definition) is 0. The number of likely N-dealkylation sites (N-methyl/N-ethyl adjacent to an activating group) is 1. The number of rotatable bonds is 3. The van der Waals surface area contributed by atoms with Crippen LogP contribution < -0.4 is 0 Å². The molecule has 1 aliphatic heterocycles. The molecule has 0 bridgehead atoms. The number of carbonyl (C=O) groups excluding carboxylic acids is 1. The summed E-state index contributed by atoms with van der Waals surface area (Å²) in [6, 6.07) is 0. The largest absolute Gasteiger partial charge is 0.339 e. The van der Waals surface area contributed by atoms with Gasteiger partial charge in [0.15, 0.2) is 5.11 Å². The summed E-state index contributed by atoms with van der Waals surface area (Å²) in [5, 5.41) is 0.674. The minimum Gasteiger partial charge on any atom is -0.339 e. The molecule has 1 amide bonds. The number of nitrogens with zero attached hydrogens (tertiary/aromatic N) is 2. The van der Waals surface area contributed by atoms with Gasteiger partial charge in [-0.2, -0.15) is 0 Å². The molecule has 0 aromatic carbocycles. The zero-order valence-corrected chi connectivity index (χ0v) is 8.36. The Kier molecular flexibility index (Phi) is 3.03. The second kappa shape index (κ2) is 3.85. The van der Waals surface area contributed by atoms with Crippen molar-refractivity contribution in [3.05, 3.63) is 0 Å². The summed E-state index contributed by atoms with van der Waals surface area (Å²) in [6.45, 7) is 3.51. The maximum Gasteiger partial charge on any atom is 0.248 e. The number of hydrogen-bond acceptors (Lipinski definition) is 2. The molecule has 1 saturated heterocycles. The molecule has 0 N–H and O–H groups in total. The Morgan fingerprint density at radius 3 is 2.67 bits per heavy atom. The van der Waals surface area contributed by atoms with Gasteiger partial charge in [0.2, 0.25) is 5.91 Å². The number of amides is 1. The first-order valence-electron chi connectivity index (χ1n) is 4.22. The quantitative estimate of drug-likeness (QED) is 0.610. The lowest BCUT2D eigenvalue weighted by molar-refractivity contribution is -0.124. The summed E-state index contributed by atoms with van der Waals surface area (Å²) >= 11 is 5.08. The molecule has 12 heavy (non-hydrogen) atoms. The summed E-state index contributed by atoms with van der Waals surface area (Å²) in [7, 11) is 1.73. The molecule has 0 radical (unpaired) electrons. The number of carbonyl (C=O) groups is 1. The molecule has 1 rings (SSSR count). The van der Waals surface area contributed by atoms with Crippen LogP contribution in [-0.4, -0.2) is 41.0 Å². The van der Waals surface area contributed by atoms with Gasteiger partial charge in [-0.25, -0.2) is 0 Å². The normalized spacial score (nSPS) is 17.8. The number of unbranched alkanes of at least 4 members (excludes halogenated alkanes) is 1. The van der Waals surface area contributed by atoms with Gasteiger partial charge < -0.3 is 4.90 Å². The molecular weight excluding hydrogens is 172 g/mol. The van der Waals surface area contributed by atoms with E-state index in [0.29, 0.717) is 11.7 Å². The summed E-state index contributed by atoms with van der Waals surface area (Å²) in [5.74, 6) is 0.108. The van der Waals surface area contributed by atoms with Crippen LogP contribution in [-0.2, 0) is 4.79 Å². The Morgan fingerprint density at radius 2 is 2.25 bits per heavy atom. The van der Waals surface area contributed by atoms with E-state index < -0.39 is 0 Å². The van der Waals surface area contributed by atoms with Crippen molar-refractivity contribution in [1.29, 1.82) is 0 Å². The Labute approximate surface area is 78.3 Å². The zero-order valence-electron chi connectivity index (χ0n) is 7.54. The fraction of sp³-hybridized carbons (Fsp3) is 0.750. The smallest absolute Gasteiger partial charge is 0.248 e. The maximum absolute atomic E-state index is 11.2. The molecule has 1 aliphatic rings.